The Morgan fingerprint density at radius 2 is 2.28 bits per heavy atom. The Hall–Kier alpha value is -2.04. The van der Waals surface area contributed by atoms with Gasteiger partial charge in [-0.1, -0.05) is 0 Å². The summed E-state index contributed by atoms with van der Waals surface area (Å²) in [5.41, 5.74) is 7.71. The fourth-order valence-corrected chi connectivity index (χ4v) is 2.06. The molecule has 0 radical (unpaired) electrons. The SMILES string of the molecule is CC(=O)c1ccc(NC2CCC(=O)NC2)cc1N. The average Bonchev–Trinajstić information content (AvgIpc) is 2.32. The molecule has 1 aliphatic heterocycles. The van der Waals surface area contributed by atoms with Crippen LogP contribution in [0.5, 0.6) is 0 Å². The maximum absolute atomic E-state index is 11.3. The molecule has 5 nitrogen and oxygen atoms in total. The second kappa shape index (κ2) is 5.08. The highest BCUT2D eigenvalue weighted by atomic mass is 16.1. The number of amides is 1. The third-order valence-corrected chi connectivity index (χ3v) is 3.07. The molecular weight excluding hydrogens is 230 g/mol. The lowest BCUT2D eigenvalue weighted by atomic mass is 10.1. The van der Waals surface area contributed by atoms with Gasteiger partial charge in [0, 0.05) is 35.9 Å². The van der Waals surface area contributed by atoms with Crippen LogP contribution in [-0.2, 0) is 4.79 Å². The molecule has 1 atom stereocenters. The third kappa shape index (κ3) is 2.80. The molecule has 1 fully saturated rings. The molecular formula is C13H17N3O2. The van der Waals surface area contributed by atoms with Gasteiger partial charge in [0.25, 0.3) is 0 Å². The van der Waals surface area contributed by atoms with E-state index >= 15 is 0 Å². The summed E-state index contributed by atoms with van der Waals surface area (Å²) >= 11 is 0. The fourth-order valence-electron chi connectivity index (χ4n) is 2.06. The summed E-state index contributed by atoms with van der Waals surface area (Å²) in [7, 11) is 0. The normalized spacial score (nSPS) is 19.2. The molecule has 96 valence electrons. The lowest BCUT2D eigenvalue weighted by molar-refractivity contribution is -0.122. The monoisotopic (exact) mass is 247 g/mol. The van der Waals surface area contributed by atoms with E-state index in [1.807, 2.05) is 6.07 Å². The highest BCUT2D eigenvalue weighted by Crippen LogP contribution is 2.20. The van der Waals surface area contributed by atoms with Crippen molar-refractivity contribution >= 4 is 23.1 Å². The van der Waals surface area contributed by atoms with Crippen LogP contribution in [0.25, 0.3) is 0 Å². The minimum atomic E-state index is -0.0380. The highest BCUT2D eigenvalue weighted by Gasteiger charge is 2.17. The van der Waals surface area contributed by atoms with Crippen LogP contribution in [0.2, 0.25) is 0 Å². The molecule has 1 saturated heterocycles. The van der Waals surface area contributed by atoms with Crippen LogP contribution < -0.4 is 16.4 Å². The first kappa shape index (κ1) is 12.4. The number of nitrogens with two attached hydrogens (primary N) is 1. The number of nitrogens with one attached hydrogen (secondary N) is 2. The number of nitrogen functional groups attached to an aromatic ring is 1. The average molecular weight is 247 g/mol. The third-order valence-electron chi connectivity index (χ3n) is 3.07. The molecule has 5 heteroatoms. The van der Waals surface area contributed by atoms with Crippen LogP contribution in [0.3, 0.4) is 0 Å². The standard InChI is InChI=1S/C13H17N3O2/c1-8(17)11-4-2-9(6-12(11)14)16-10-3-5-13(18)15-7-10/h2,4,6,10,16H,3,5,7,14H2,1H3,(H,15,18). The zero-order valence-corrected chi connectivity index (χ0v) is 10.3. The molecule has 1 unspecified atom stereocenters. The summed E-state index contributed by atoms with van der Waals surface area (Å²) in [5.74, 6) is 0.0588. The fraction of sp³-hybridized carbons (Fsp3) is 0.385. The van der Waals surface area contributed by atoms with Crippen molar-refractivity contribution in [3.8, 4) is 0 Å². The molecule has 0 spiro atoms. The summed E-state index contributed by atoms with van der Waals surface area (Å²) in [6.45, 7) is 2.11. The largest absolute Gasteiger partial charge is 0.398 e. The number of carbonyl (C=O) groups excluding carboxylic acids is 2. The minimum Gasteiger partial charge on any atom is -0.398 e. The van der Waals surface area contributed by atoms with Gasteiger partial charge in [-0.25, -0.2) is 0 Å². The van der Waals surface area contributed by atoms with E-state index in [-0.39, 0.29) is 17.7 Å². The quantitative estimate of drug-likeness (QED) is 0.553. The van der Waals surface area contributed by atoms with Crippen LogP contribution >= 0.6 is 0 Å². The van der Waals surface area contributed by atoms with Crippen molar-refractivity contribution in [3.63, 3.8) is 0 Å². The Bertz CT molecular complexity index is 475. The first-order valence-electron chi connectivity index (χ1n) is 6.00. The van der Waals surface area contributed by atoms with E-state index in [0.717, 1.165) is 12.1 Å². The molecule has 0 aliphatic carbocycles. The van der Waals surface area contributed by atoms with Gasteiger partial charge in [-0.05, 0) is 31.5 Å². The Balaban J connectivity index is 2.04. The van der Waals surface area contributed by atoms with Crippen molar-refractivity contribution in [2.24, 2.45) is 0 Å². The van der Waals surface area contributed by atoms with Gasteiger partial charge in [0.15, 0.2) is 5.78 Å². The predicted octanol–water partition coefficient (Wildman–Crippen LogP) is 1.16. The summed E-state index contributed by atoms with van der Waals surface area (Å²) < 4.78 is 0. The van der Waals surface area contributed by atoms with E-state index in [1.165, 1.54) is 6.92 Å². The molecule has 1 aromatic carbocycles. The lowest BCUT2D eigenvalue weighted by Crippen LogP contribution is -2.41. The van der Waals surface area contributed by atoms with Gasteiger partial charge in [0.05, 0.1) is 0 Å². The Morgan fingerprint density at radius 3 is 2.83 bits per heavy atom. The Labute approximate surface area is 106 Å². The molecule has 1 aliphatic rings. The number of ketones is 1. The van der Waals surface area contributed by atoms with E-state index in [4.69, 9.17) is 5.73 Å². The van der Waals surface area contributed by atoms with Gasteiger partial charge in [0.1, 0.15) is 0 Å². The van der Waals surface area contributed by atoms with Gasteiger partial charge in [-0.2, -0.15) is 0 Å². The molecule has 0 aromatic heterocycles. The second-order valence-corrected chi connectivity index (χ2v) is 4.54. The van der Waals surface area contributed by atoms with Crippen molar-refractivity contribution in [1.82, 2.24) is 5.32 Å². The topological polar surface area (TPSA) is 84.2 Å². The number of Topliss-reactive ketones (excluding diaryl/α,β-unsaturated/α-hetero) is 1. The number of carbonyl (C=O) groups is 2. The van der Waals surface area contributed by atoms with E-state index in [2.05, 4.69) is 10.6 Å². The number of hydrogen-bond donors (Lipinski definition) is 3. The Morgan fingerprint density at radius 1 is 1.50 bits per heavy atom. The van der Waals surface area contributed by atoms with Gasteiger partial charge >= 0.3 is 0 Å². The van der Waals surface area contributed by atoms with Gasteiger partial charge in [-0.15, -0.1) is 0 Å². The van der Waals surface area contributed by atoms with Crippen molar-refractivity contribution in [2.45, 2.75) is 25.8 Å². The molecule has 1 aromatic rings. The van der Waals surface area contributed by atoms with Crippen molar-refractivity contribution < 1.29 is 9.59 Å². The molecule has 4 N–H and O–H groups in total. The highest BCUT2D eigenvalue weighted by molar-refractivity contribution is 5.99. The number of piperidine rings is 1. The van der Waals surface area contributed by atoms with Gasteiger partial charge in [0.2, 0.25) is 5.91 Å². The lowest BCUT2D eigenvalue weighted by Gasteiger charge is -2.24. The minimum absolute atomic E-state index is 0.0380. The van der Waals surface area contributed by atoms with Crippen molar-refractivity contribution in [1.29, 1.82) is 0 Å². The molecule has 2 rings (SSSR count). The number of benzene rings is 1. The maximum Gasteiger partial charge on any atom is 0.220 e. The van der Waals surface area contributed by atoms with Gasteiger partial charge < -0.3 is 16.4 Å². The zero-order chi connectivity index (χ0) is 13.1. The number of anilines is 2. The van der Waals surface area contributed by atoms with Gasteiger partial charge in [-0.3, -0.25) is 9.59 Å². The zero-order valence-electron chi connectivity index (χ0n) is 10.3. The van der Waals surface area contributed by atoms with Crippen LogP contribution in [0.4, 0.5) is 11.4 Å². The van der Waals surface area contributed by atoms with Crippen LogP contribution in [0, 0.1) is 0 Å². The van der Waals surface area contributed by atoms with Crippen LogP contribution in [-0.4, -0.2) is 24.3 Å². The maximum atomic E-state index is 11.3. The van der Waals surface area contributed by atoms with Crippen molar-refractivity contribution in [3.05, 3.63) is 23.8 Å². The van der Waals surface area contributed by atoms with E-state index in [1.54, 1.807) is 12.1 Å². The smallest absolute Gasteiger partial charge is 0.220 e. The molecule has 0 bridgehead atoms. The molecule has 1 heterocycles. The number of hydrogen-bond acceptors (Lipinski definition) is 4. The molecule has 0 saturated carbocycles. The van der Waals surface area contributed by atoms with Crippen molar-refractivity contribution in [2.75, 3.05) is 17.6 Å². The number of rotatable bonds is 3. The predicted molar refractivity (Wildman–Crippen MR) is 70.5 cm³/mol. The molecule has 1 amide bonds. The second-order valence-electron chi connectivity index (χ2n) is 4.54. The van der Waals surface area contributed by atoms with Crippen LogP contribution in [0.15, 0.2) is 18.2 Å². The van der Waals surface area contributed by atoms with E-state index < -0.39 is 0 Å². The van der Waals surface area contributed by atoms with Crippen LogP contribution in [0.1, 0.15) is 30.1 Å². The summed E-state index contributed by atoms with van der Waals surface area (Å²) in [4.78, 5) is 22.3. The van der Waals surface area contributed by atoms with E-state index in [9.17, 15) is 9.59 Å². The first-order chi connectivity index (χ1) is 8.56. The summed E-state index contributed by atoms with van der Waals surface area (Å²) in [6.07, 6.45) is 1.35. The summed E-state index contributed by atoms with van der Waals surface area (Å²) in [6, 6.07) is 5.53. The molecule has 18 heavy (non-hydrogen) atoms. The summed E-state index contributed by atoms with van der Waals surface area (Å²) in [5, 5.41) is 6.11. The first-order valence-corrected chi connectivity index (χ1v) is 6.00. The van der Waals surface area contributed by atoms with E-state index in [0.29, 0.717) is 24.2 Å². The Kier molecular flexibility index (Phi) is 3.50.